The van der Waals surface area contributed by atoms with Crippen molar-refractivity contribution in [2.45, 2.75) is 51.2 Å². The van der Waals surface area contributed by atoms with E-state index in [1.54, 1.807) is 4.52 Å². The molecule has 2 aromatic heterocycles. The molecule has 0 saturated carbocycles. The lowest BCUT2D eigenvalue weighted by atomic mass is 9.86. The first kappa shape index (κ1) is 14.8. The minimum absolute atomic E-state index is 0.00958. The zero-order valence-corrected chi connectivity index (χ0v) is 14.1. The van der Waals surface area contributed by atoms with Crippen molar-refractivity contribution in [3.05, 3.63) is 22.8 Å². The zero-order chi connectivity index (χ0) is 14.9. The molecule has 1 aliphatic heterocycles. The molecule has 0 bridgehead atoms. The fourth-order valence-corrected chi connectivity index (χ4v) is 3.43. The molecule has 0 aliphatic carbocycles. The second-order valence-electron chi connectivity index (χ2n) is 5.63. The Morgan fingerprint density at radius 3 is 3.00 bits per heavy atom. The first-order chi connectivity index (χ1) is 10.2. The van der Waals surface area contributed by atoms with Gasteiger partial charge in [0.05, 0.1) is 10.1 Å². The number of fused-ring (bicyclic) bond motifs is 1. The van der Waals surface area contributed by atoms with Crippen molar-refractivity contribution in [2.24, 2.45) is 0 Å². The standard InChI is InChI=1S/C15H21BrN4O/c1-3-15(4-2)10-11(7-9-21-15)17-14-18-13-12(16)6-5-8-20(13)19-14/h5-6,8,11H,3-4,7,9-10H2,1-2H3,(H,17,19). The van der Waals surface area contributed by atoms with E-state index in [1.165, 1.54) is 0 Å². The molecular formula is C15H21BrN4O. The van der Waals surface area contributed by atoms with E-state index in [4.69, 9.17) is 4.74 Å². The Morgan fingerprint density at radius 1 is 1.48 bits per heavy atom. The van der Waals surface area contributed by atoms with Gasteiger partial charge in [0.25, 0.3) is 0 Å². The highest BCUT2D eigenvalue weighted by molar-refractivity contribution is 9.10. The molecule has 1 atom stereocenters. The summed E-state index contributed by atoms with van der Waals surface area (Å²) < 4.78 is 8.76. The van der Waals surface area contributed by atoms with Crippen LogP contribution in [0.1, 0.15) is 39.5 Å². The molecule has 6 heteroatoms. The number of nitrogens with one attached hydrogen (secondary N) is 1. The van der Waals surface area contributed by atoms with Crippen LogP contribution in [0.15, 0.2) is 22.8 Å². The van der Waals surface area contributed by atoms with Crippen LogP contribution in [0.3, 0.4) is 0 Å². The van der Waals surface area contributed by atoms with Gasteiger partial charge in [-0.15, -0.1) is 5.10 Å². The van der Waals surface area contributed by atoms with Crippen LogP contribution in [0.2, 0.25) is 0 Å². The normalized spacial score (nSPS) is 21.6. The van der Waals surface area contributed by atoms with Gasteiger partial charge in [-0.05, 0) is 53.7 Å². The van der Waals surface area contributed by atoms with E-state index < -0.39 is 0 Å². The van der Waals surface area contributed by atoms with Gasteiger partial charge in [0.1, 0.15) is 0 Å². The quantitative estimate of drug-likeness (QED) is 0.912. The van der Waals surface area contributed by atoms with E-state index >= 15 is 0 Å². The van der Waals surface area contributed by atoms with Crippen LogP contribution in [0.25, 0.3) is 5.65 Å². The predicted octanol–water partition coefficient (Wildman–Crippen LogP) is 3.64. The van der Waals surface area contributed by atoms with Gasteiger partial charge >= 0.3 is 0 Å². The van der Waals surface area contributed by atoms with Gasteiger partial charge in [-0.25, -0.2) is 4.52 Å². The van der Waals surface area contributed by atoms with E-state index in [2.05, 4.69) is 45.2 Å². The van der Waals surface area contributed by atoms with Crippen LogP contribution >= 0.6 is 15.9 Å². The monoisotopic (exact) mass is 352 g/mol. The Morgan fingerprint density at radius 2 is 2.29 bits per heavy atom. The molecule has 1 saturated heterocycles. The van der Waals surface area contributed by atoms with Gasteiger partial charge < -0.3 is 10.1 Å². The van der Waals surface area contributed by atoms with Crippen molar-refractivity contribution in [1.82, 2.24) is 14.6 Å². The van der Waals surface area contributed by atoms with E-state index in [0.29, 0.717) is 12.0 Å². The largest absolute Gasteiger partial charge is 0.375 e. The lowest BCUT2D eigenvalue weighted by molar-refractivity contribution is -0.0865. The molecular weight excluding hydrogens is 332 g/mol. The third-order valence-corrected chi connectivity index (χ3v) is 5.05. The van der Waals surface area contributed by atoms with Crippen LogP contribution < -0.4 is 5.32 Å². The molecule has 1 aliphatic rings. The number of halogens is 1. The summed E-state index contributed by atoms with van der Waals surface area (Å²) in [5.41, 5.74) is 0.847. The summed E-state index contributed by atoms with van der Waals surface area (Å²) in [7, 11) is 0. The van der Waals surface area contributed by atoms with Crippen LogP contribution in [0.5, 0.6) is 0 Å². The Balaban J connectivity index is 1.77. The van der Waals surface area contributed by atoms with E-state index in [1.807, 2.05) is 18.3 Å². The minimum atomic E-state index is 0.00958. The van der Waals surface area contributed by atoms with Gasteiger partial charge in [-0.2, -0.15) is 4.98 Å². The van der Waals surface area contributed by atoms with E-state index in [-0.39, 0.29) is 5.60 Å². The van der Waals surface area contributed by atoms with E-state index in [9.17, 15) is 0 Å². The van der Waals surface area contributed by atoms with Crippen LogP contribution in [-0.2, 0) is 4.74 Å². The van der Waals surface area contributed by atoms with Crippen molar-refractivity contribution in [3.63, 3.8) is 0 Å². The summed E-state index contributed by atoms with van der Waals surface area (Å²) in [6.07, 6.45) is 6.01. The average molecular weight is 353 g/mol. The molecule has 1 N–H and O–H groups in total. The highest BCUT2D eigenvalue weighted by Gasteiger charge is 2.34. The summed E-state index contributed by atoms with van der Waals surface area (Å²) in [5, 5.41) is 7.97. The number of hydrogen-bond donors (Lipinski definition) is 1. The molecule has 0 aromatic carbocycles. The first-order valence-corrected chi connectivity index (χ1v) is 8.36. The summed E-state index contributed by atoms with van der Waals surface area (Å²) in [4.78, 5) is 4.56. The molecule has 3 heterocycles. The third kappa shape index (κ3) is 2.92. The molecule has 0 spiro atoms. The molecule has 21 heavy (non-hydrogen) atoms. The SMILES string of the molecule is CCC1(CC)CC(Nc2nc3c(Br)cccn3n2)CCO1. The zero-order valence-electron chi connectivity index (χ0n) is 12.5. The molecule has 3 rings (SSSR count). The maximum Gasteiger partial charge on any atom is 0.243 e. The number of ether oxygens (including phenoxy) is 1. The van der Waals surface area contributed by atoms with Crippen LogP contribution in [-0.4, -0.2) is 32.8 Å². The summed E-state index contributed by atoms with van der Waals surface area (Å²) in [6, 6.07) is 4.29. The number of nitrogens with zero attached hydrogens (tertiary/aromatic N) is 3. The van der Waals surface area contributed by atoms with Crippen molar-refractivity contribution in [1.29, 1.82) is 0 Å². The second-order valence-corrected chi connectivity index (χ2v) is 6.49. The number of aromatic nitrogens is 3. The molecule has 5 nitrogen and oxygen atoms in total. The number of anilines is 1. The second kappa shape index (κ2) is 5.93. The Kier molecular flexibility index (Phi) is 4.17. The number of rotatable bonds is 4. The highest BCUT2D eigenvalue weighted by Crippen LogP contribution is 2.32. The molecule has 0 amide bonds. The highest BCUT2D eigenvalue weighted by atomic mass is 79.9. The Labute approximate surface area is 133 Å². The van der Waals surface area contributed by atoms with Gasteiger partial charge in [-0.3, -0.25) is 0 Å². The summed E-state index contributed by atoms with van der Waals surface area (Å²) in [5.74, 6) is 0.690. The third-order valence-electron chi connectivity index (χ3n) is 4.43. The van der Waals surface area contributed by atoms with E-state index in [0.717, 1.165) is 42.4 Å². The van der Waals surface area contributed by atoms with Crippen molar-refractivity contribution < 1.29 is 4.74 Å². The Bertz CT molecular complexity index is 623. The molecule has 1 unspecified atom stereocenters. The molecule has 114 valence electrons. The average Bonchev–Trinajstić information content (AvgIpc) is 2.91. The smallest absolute Gasteiger partial charge is 0.243 e. The maximum atomic E-state index is 6.02. The van der Waals surface area contributed by atoms with Crippen molar-refractivity contribution in [3.8, 4) is 0 Å². The van der Waals surface area contributed by atoms with Crippen molar-refractivity contribution >= 4 is 27.5 Å². The summed E-state index contributed by atoms with van der Waals surface area (Å²) in [6.45, 7) is 5.20. The van der Waals surface area contributed by atoms with Gasteiger partial charge in [0.15, 0.2) is 5.65 Å². The number of pyridine rings is 1. The van der Waals surface area contributed by atoms with Crippen LogP contribution in [0, 0.1) is 0 Å². The van der Waals surface area contributed by atoms with Crippen LogP contribution in [0.4, 0.5) is 5.95 Å². The fourth-order valence-electron chi connectivity index (χ4n) is 3.01. The molecule has 0 radical (unpaired) electrons. The van der Waals surface area contributed by atoms with Gasteiger partial charge in [0.2, 0.25) is 5.95 Å². The molecule has 2 aromatic rings. The lowest BCUT2D eigenvalue weighted by Gasteiger charge is -2.40. The Hall–Kier alpha value is -1.14. The summed E-state index contributed by atoms with van der Waals surface area (Å²) >= 11 is 3.50. The minimum Gasteiger partial charge on any atom is -0.375 e. The number of hydrogen-bond acceptors (Lipinski definition) is 4. The maximum absolute atomic E-state index is 6.02. The fraction of sp³-hybridized carbons (Fsp3) is 0.600. The van der Waals surface area contributed by atoms with Gasteiger partial charge in [-0.1, -0.05) is 13.8 Å². The van der Waals surface area contributed by atoms with Gasteiger partial charge in [0, 0.05) is 18.8 Å². The first-order valence-electron chi connectivity index (χ1n) is 7.57. The van der Waals surface area contributed by atoms with Crippen molar-refractivity contribution in [2.75, 3.05) is 11.9 Å². The topological polar surface area (TPSA) is 51.5 Å². The predicted molar refractivity (Wildman–Crippen MR) is 86.6 cm³/mol. The lowest BCUT2D eigenvalue weighted by Crippen LogP contribution is -2.43. The molecule has 1 fully saturated rings.